The Morgan fingerprint density at radius 2 is 1.16 bits per heavy atom. The van der Waals surface area contributed by atoms with Crippen LogP contribution in [0.25, 0.3) is 0 Å². The highest BCUT2D eigenvalue weighted by molar-refractivity contribution is 9.10. The second kappa shape index (κ2) is 8.09. The van der Waals surface area contributed by atoms with Crippen molar-refractivity contribution < 1.29 is 64.5 Å². The van der Waals surface area contributed by atoms with Crippen molar-refractivity contribution in [2.24, 2.45) is 0 Å². The molecule has 0 saturated carbocycles. The van der Waals surface area contributed by atoms with E-state index in [0.717, 1.165) is 12.1 Å². The molecule has 0 N–H and O–H groups in total. The number of benzene rings is 1. The van der Waals surface area contributed by atoms with Gasteiger partial charge in [0, 0.05) is 17.0 Å². The molecule has 0 aromatic heterocycles. The minimum atomic E-state index is -7.88. The van der Waals surface area contributed by atoms with Crippen molar-refractivity contribution in [1.29, 1.82) is 0 Å². The Balaban J connectivity index is 3.34. The van der Waals surface area contributed by atoms with Crippen LogP contribution in [-0.4, -0.2) is 50.1 Å². The molecule has 0 heterocycles. The summed E-state index contributed by atoms with van der Waals surface area (Å²) in [6.45, 7) is 0. The van der Waals surface area contributed by atoms with Crippen LogP contribution in [0.3, 0.4) is 0 Å². The molecule has 0 atom stereocenters. The summed E-state index contributed by atoms with van der Waals surface area (Å²) >= 11 is 3.00. The molecule has 182 valence electrons. The first kappa shape index (κ1) is 28.0. The van der Waals surface area contributed by atoms with Crippen molar-refractivity contribution in [2.75, 3.05) is 12.5 Å². The largest absolute Gasteiger partial charge is 0.460 e. The zero-order valence-electron chi connectivity index (χ0n) is 14.8. The predicted octanol–water partition coefficient (Wildman–Crippen LogP) is 6.13. The highest BCUT2D eigenvalue weighted by atomic mass is 79.9. The van der Waals surface area contributed by atoms with E-state index in [9.17, 15) is 56.7 Å². The number of alkyl halides is 11. The summed E-state index contributed by atoms with van der Waals surface area (Å²) in [5, 5.41) is -7.23. The van der Waals surface area contributed by atoms with Gasteiger partial charge >= 0.3 is 39.3 Å². The first-order valence-corrected chi connectivity index (χ1v) is 11.6. The lowest BCUT2D eigenvalue weighted by Gasteiger charge is -2.39. The molecule has 0 radical (unpaired) electrons. The van der Waals surface area contributed by atoms with Crippen molar-refractivity contribution in [3.8, 4) is 5.75 Å². The molecule has 0 aliphatic carbocycles. The van der Waals surface area contributed by atoms with Crippen molar-refractivity contribution in [1.82, 2.24) is 0 Å². The standard InChI is InChI=1S/C13H10BrF11O4S2/c1-30(2,28-8-5-3-7(14)4-6-8)29-31(26,27)13(24,25)11(19,20)9(15,16)10(17,18)12(21,22)23/h3-6H,1-2H3. The van der Waals surface area contributed by atoms with Crippen molar-refractivity contribution in [3.63, 3.8) is 0 Å². The fraction of sp³-hybridized carbons (Fsp3) is 0.538. The smallest absolute Gasteiger partial charge is 0.391 e. The summed E-state index contributed by atoms with van der Waals surface area (Å²) in [6, 6.07) is 4.81. The molecule has 0 spiro atoms. The molecular formula is C13H10BrF11O4S2. The second-order valence-corrected chi connectivity index (χ2v) is 11.3. The maximum atomic E-state index is 13.8. The van der Waals surface area contributed by atoms with Gasteiger partial charge in [-0.1, -0.05) is 15.9 Å². The highest BCUT2D eigenvalue weighted by Gasteiger charge is 2.90. The minimum Gasteiger partial charge on any atom is -0.391 e. The van der Waals surface area contributed by atoms with E-state index >= 15 is 0 Å². The van der Waals surface area contributed by atoms with E-state index in [4.69, 9.17) is 4.18 Å². The van der Waals surface area contributed by atoms with Crippen LogP contribution < -0.4 is 4.18 Å². The van der Waals surface area contributed by atoms with Crippen LogP contribution in [0.5, 0.6) is 5.75 Å². The third-order valence-electron chi connectivity index (χ3n) is 3.19. The average molecular weight is 583 g/mol. The highest BCUT2D eigenvalue weighted by Crippen LogP contribution is 2.60. The molecule has 0 fully saturated rings. The molecule has 0 unspecified atom stereocenters. The Hall–Kier alpha value is -1.01. The van der Waals surface area contributed by atoms with E-state index in [-0.39, 0.29) is 5.75 Å². The van der Waals surface area contributed by atoms with Gasteiger partial charge in [-0.3, -0.25) is 0 Å². The van der Waals surface area contributed by atoms with Crippen molar-refractivity contribution >= 4 is 36.6 Å². The third-order valence-corrected chi connectivity index (χ3v) is 7.22. The third kappa shape index (κ3) is 5.00. The van der Waals surface area contributed by atoms with Gasteiger partial charge in [0.05, 0.1) is 0 Å². The van der Waals surface area contributed by atoms with Crippen LogP contribution in [0.4, 0.5) is 48.3 Å². The van der Waals surface area contributed by atoms with E-state index in [0.29, 0.717) is 17.0 Å². The van der Waals surface area contributed by atoms with Gasteiger partial charge in [0.15, 0.2) is 5.75 Å². The molecule has 0 saturated heterocycles. The molecule has 4 nitrogen and oxygen atoms in total. The van der Waals surface area contributed by atoms with Gasteiger partial charge in [-0.15, -0.1) is 14.2 Å². The van der Waals surface area contributed by atoms with E-state index in [1.807, 2.05) is 0 Å². The van der Waals surface area contributed by atoms with Crippen LogP contribution in [-0.2, 0) is 13.7 Å². The maximum Gasteiger partial charge on any atom is 0.460 e. The van der Waals surface area contributed by atoms with Crippen LogP contribution in [0.1, 0.15) is 0 Å². The van der Waals surface area contributed by atoms with Crippen LogP contribution in [0.2, 0.25) is 0 Å². The van der Waals surface area contributed by atoms with Crippen LogP contribution >= 0.6 is 26.5 Å². The summed E-state index contributed by atoms with van der Waals surface area (Å²) < 4.78 is 176. The zero-order chi connectivity index (χ0) is 24.9. The maximum absolute atomic E-state index is 13.8. The molecule has 31 heavy (non-hydrogen) atoms. The van der Waals surface area contributed by atoms with E-state index < -0.39 is 49.9 Å². The number of hydrogen-bond donors (Lipinski definition) is 0. The van der Waals surface area contributed by atoms with Crippen molar-refractivity contribution in [3.05, 3.63) is 28.7 Å². The SMILES string of the molecule is CS(C)(Oc1ccc(Br)cc1)OS(=O)(=O)C(F)(F)C(F)(F)C(F)(F)C(F)(F)C(F)(F)F. The lowest BCUT2D eigenvalue weighted by molar-refractivity contribution is -0.413. The van der Waals surface area contributed by atoms with Crippen molar-refractivity contribution in [2.45, 2.75) is 29.2 Å². The quantitative estimate of drug-likeness (QED) is 0.346. The van der Waals surface area contributed by atoms with Gasteiger partial charge < -0.3 is 4.18 Å². The van der Waals surface area contributed by atoms with Gasteiger partial charge in [-0.25, -0.2) is 0 Å². The lowest BCUT2D eigenvalue weighted by atomic mass is 10.0. The Kier molecular flexibility index (Phi) is 7.31. The first-order chi connectivity index (χ1) is 13.4. The number of rotatable bonds is 8. The van der Waals surface area contributed by atoms with Gasteiger partial charge in [-0.2, -0.15) is 56.7 Å². The Bertz CT molecular complexity index is 899. The Labute approximate surface area is 177 Å². The van der Waals surface area contributed by atoms with Crippen LogP contribution in [0.15, 0.2) is 28.7 Å². The number of halogens is 12. The fourth-order valence-electron chi connectivity index (χ4n) is 1.71. The summed E-state index contributed by atoms with van der Waals surface area (Å²) in [5.74, 6) is -23.6. The predicted molar refractivity (Wildman–Crippen MR) is 90.1 cm³/mol. The summed E-state index contributed by atoms with van der Waals surface area (Å²) in [6.07, 6.45) is -6.19. The zero-order valence-corrected chi connectivity index (χ0v) is 18.0. The van der Waals surface area contributed by atoms with Gasteiger partial charge in [0.1, 0.15) is 0 Å². The normalized spacial score (nSPS) is 15.7. The topological polar surface area (TPSA) is 52.6 Å². The molecule has 0 aliphatic rings. The molecule has 1 aromatic rings. The van der Waals surface area contributed by atoms with Gasteiger partial charge in [0.2, 0.25) is 0 Å². The molecule has 0 amide bonds. The van der Waals surface area contributed by atoms with E-state index in [2.05, 4.69) is 19.6 Å². The lowest BCUT2D eigenvalue weighted by Crippen LogP contribution is -2.68. The molecule has 0 aliphatic heterocycles. The Morgan fingerprint density at radius 1 is 0.742 bits per heavy atom. The first-order valence-electron chi connectivity index (χ1n) is 7.15. The monoisotopic (exact) mass is 582 g/mol. The molecule has 0 bridgehead atoms. The van der Waals surface area contributed by atoms with Gasteiger partial charge in [-0.05, 0) is 24.3 Å². The van der Waals surface area contributed by atoms with Gasteiger partial charge in [0.25, 0.3) is 0 Å². The van der Waals surface area contributed by atoms with Crippen LogP contribution in [0, 0.1) is 0 Å². The minimum absolute atomic E-state index is 0.276. The molecular weight excluding hydrogens is 573 g/mol. The summed E-state index contributed by atoms with van der Waals surface area (Å²) in [5.41, 5.74) is 0. The number of hydrogen-bond acceptors (Lipinski definition) is 4. The summed E-state index contributed by atoms with van der Waals surface area (Å²) in [4.78, 5) is 0. The van der Waals surface area contributed by atoms with E-state index in [1.54, 1.807) is 0 Å². The molecule has 18 heteroatoms. The second-order valence-electron chi connectivity index (χ2n) is 5.94. The fourth-order valence-corrected chi connectivity index (χ4v) is 5.17. The molecule has 1 rings (SSSR count). The molecule has 1 aromatic carbocycles. The Morgan fingerprint density at radius 3 is 1.55 bits per heavy atom. The average Bonchev–Trinajstić information content (AvgIpc) is 2.54. The van der Waals surface area contributed by atoms with E-state index in [1.165, 1.54) is 12.1 Å². The summed E-state index contributed by atoms with van der Waals surface area (Å²) in [7, 11) is -11.1.